The van der Waals surface area contributed by atoms with Crippen LogP contribution >= 0.6 is 11.8 Å². The van der Waals surface area contributed by atoms with Gasteiger partial charge >= 0.3 is 0 Å². The standard InChI is InChI=1S/C16H25N3S/c1-17-16(19-14-6-4-3-5-7-14)18-12-13-8-10-15(20-2)11-9-13/h8-11,14H,3-7,12H2,1-2H3,(H2,17,18,19). The second kappa shape index (κ2) is 8.20. The zero-order chi connectivity index (χ0) is 14.2. The van der Waals surface area contributed by atoms with Crippen molar-refractivity contribution in [2.45, 2.75) is 49.6 Å². The summed E-state index contributed by atoms with van der Waals surface area (Å²) in [6, 6.07) is 9.27. The number of hydrogen-bond donors (Lipinski definition) is 2. The van der Waals surface area contributed by atoms with Crippen molar-refractivity contribution >= 4 is 17.7 Å². The predicted molar refractivity (Wildman–Crippen MR) is 88.4 cm³/mol. The minimum atomic E-state index is 0.591. The van der Waals surface area contributed by atoms with Crippen LogP contribution in [0.25, 0.3) is 0 Å². The molecule has 0 atom stereocenters. The number of nitrogens with one attached hydrogen (secondary N) is 2. The van der Waals surface area contributed by atoms with Gasteiger partial charge in [0.05, 0.1) is 0 Å². The maximum Gasteiger partial charge on any atom is 0.191 e. The molecule has 0 bridgehead atoms. The normalized spacial score (nSPS) is 17.0. The maximum atomic E-state index is 4.32. The van der Waals surface area contributed by atoms with Crippen LogP contribution in [0.1, 0.15) is 37.7 Å². The van der Waals surface area contributed by atoms with Gasteiger partial charge in [0.1, 0.15) is 0 Å². The molecule has 2 N–H and O–H groups in total. The largest absolute Gasteiger partial charge is 0.354 e. The number of rotatable bonds is 4. The fraction of sp³-hybridized carbons (Fsp3) is 0.562. The zero-order valence-electron chi connectivity index (χ0n) is 12.5. The molecular formula is C16H25N3S. The Morgan fingerprint density at radius 2 is 1.90 bits per heavy atom. The molecule has 110 valence electrons. The van der Waals surface area contributed by atoms with Gasteiger partial charge in [-0.25, -0.2) is 0 Å². The number of aliphatic imine (C=N–C) groups is 1. The summed E-state index contributed by atoms with van der Waals surface area (Å²) < 4.78 is 0. The molecule has 4 heteroatoms. The number of benzene rings is 1. The van der Waals surface area contributed by atoms with Crippen LogP contribution in [-0.4, -0.2) is 25.3 Å². The number of nitrogens with zero attached hydrogens (tertiary/aromatic N) is 1. The van der Waals surface area contributed by atoms with E-state index in [0.717, 1.165) is 12.5 Å². The van der Waals surface area contributed by atoms with Crippen LogP contribution in [0.15, 0.2) is 34.2 Å². The topological polar surface area (TPSA) is 36.4 Å². The van der Waals surface area contributed by atoms with Gasteiger partial charge in [-0.2, -0.15) is 0 Å². The highest BCUT2D eigenvalue weighted by molar-refractivity contribution is 7.98. The van der Waals surface area contributed by atoms with Crippen LogP contribution in [0.2, 0.25) is 0 Å². The highest BCUT2D eigenvalue weighted by Crippen LogP contribution is 2.17. The molecule has 1 aliphatic rings. The Kier molecular flexibility index (Phi) is 6.25. The summed E-state index contributed by atoms with van der Waals surface area (Å²) in [6.07, 6.45) is 8.69. The molecule has 1 fully saturated rings. The Labute approximate surface area is 126 Å². The van der Waals surface area contributed by atoms with Gasteiger partial charge < -0.3 is 10.6 Å². The molecule has 1 aliphatic carbocycles. The van der Waals surface area contributed by atoms with E-state index in [2.05, 4.69) is 46.1 Å². The molecule has 0 spiro atoms. The zero-order valence-corrected chi connectivity index (χ0v) is 13.3. The van der Waals surface area contributed by atoms with Gasteiger partial charge in [0, 0.05) is 24.5 Å². The monoisotopic (exact) mass is 291 g/mol. The van der Waals surface area contributed by atoms with Gasteiger partial charge in [0.25, 0.3) is 0 Å². The molecule has 1 saturated carbocycles. The van der Waals surface area contributed by atoms with Crippen molar-refractivity contribution in [3.63, 3.8) is 0 Å². The molecule has 0 radical (unpaired) electrons. The molecular weight excluding hydrogens is 266 g/mol. The average Bonchev–Trinajstić information content (AvgIpc) is 2.53. The van der Waals surface area contributed by atoms with Gasteiger partial charge in [-0.1, -0.05) is 31.4 Å². The first kappa shape index (κ1) is 15.2. The summed E-state index contributed by atoms with van der Waals surface area (Å²) in [5, 5.41) is 6.94. The van der Waals surface area contributed by atoms with Crippen molar-refractivity contribution in [1.29, 1.82) is 0 Å². The van der Waals surface area contributed by atoms with Gasteiger partial charge in [-0.15, -0.1) is 11.8 Å². The Morgan fingerprint density at radius 1 is 1.20 bits per heavy atom. The van der Waals surface area contributed by atoms with Crippen molar-refractivity contribution in [2.24, 2.45) is 4.99 Å². The molecule has 0 aromatic heterocycles. The number of hydrogen-bond acceptors (Lipinski definition) is 2. The molecule has 2 rings (SSSR count). The van der Waals surface area contributed by atoms with Crippen molar-refractivity contribution in [3.8, 4) is 0 Å². The van der Waals surface area contributed by atoms with E-state index in [0.29, 0.717) is 6.04 Å². The molecule has 0 amide bonds. The minimum Gasteiger partial charge on any atom is -0.354 e. The number of thioether (sulfide) groups is 1. The van der Waals surface area contributed by atoms with Crippen molar-refractivity contribution in [2.75, 3.05) is 13.3 Å². The summed E-state index contributed by atoms with van der Waals surface area (Å²) >= 11 is 1.77. The molecule has 0 saturated heterocycles. The highest BCUT2D eigenvalue weighted by Gasteiger charge is 2.14. The van der Waals surface area contributed by atoms with E-state index < -0.39 is 0 Å². The highest BCUT2D eigenvalue weighted by atomic mass is 32.2. The van der Waals surface area contributed by atoms with E-state index in [-0.39, 0.29) is 0 Å². The van der Waals surface area contributed by atoms with E-state index in [1.807, 2.05) is 7.05 Å². The molecule has 0 aliphatic heterocycles. The molecule has 0 unspecified atom stereocenters. The Balaban J connectivity index is 1.80. The van der Waals surface area contributed by atoms with E-state index in [9.17, 15) is 0 Å². The maximum absolute atomic E-state index is 4.32. The van der Waals surface area contributed by atoms with Crippen molar-refractivity contribution in [1.82, 2.24) is 10.6 Å². The fourth-order valence-corrected chi connectivity index (χ4v) is 2.97. The van der Waals surface area contributed by atoms with Crippen LogP contribution in [-0.2, 0) is 6.54 Å². The summed E-state index contributed by atoms with van der Waals surface area (Å²) in [7, 11) is 1.84. The van der Waals surface area contributed by atoms with Gasteiger partial charge in [0.2, 0.25) is 0 Å². The first-order chi connectivity index (χ1) is 9.81. The first-order valence-electron chi connectivity index (χ1n) is 7.42. The third-order valence-corrected chi connectivity index (χ3v) is 4.53. The van der Waals surface area contributed by atoms with Crippen molar-refractivity contribution < 1.29 is 0 Å². The van der Waals surface area contributed by atoms with Crippen LogP contribution in [0, 0.1) is 0 Å². The Morgan fingerprint density at radius 3 is 2.50 bits per heavy atom. The lowest BCUT2D eigenvalue weighted by Crippen LogP contribution is -2.43. The lowest BCUT2D eigenvalue weighted by molar-refractivity contribution is 0.410. The third-order valence-electron chi connectivity index (χ3n) is 3.79. The second-order valence-electron chi connectivity index (χ2n) is 5.25. The summed E-state index contributed by atoms with van der Waals surface area (Å²) in [6.45, 7) is 0.820. The lowest BCUT2D eigenvalue weighted by Gasteiger charge is -2.24. The van der Waals surface area contributed by atoms with Gasteiger partial charge in [-0.05, 0) is 36.8 Å². The van der Waals surface area contributed by atoms with Crippen LogP contribution in [0.3, 0.4) is 0 Å². The van der Waals surface area contributed by atoms with E-state index in [1.54, 1.807) is 11.8 Å². The Hall–Kier alpha value is -1.16. The third kappa shape index (κ3) is 4.75. The number of guanidine groups is 1. The van der Waals surface area contributed by atoms with E-state index in [1.165, 1.54) is 42.6 Å². The van der Waals surface area contributed by atoms with Crippen molar-refractivity contribution in [3.05, 3.63) is 29.8 Å². The predicted octanol–water partition coefficient (Wildman–Crippen LogP) is 3.41. The van der Waals surface area contributed by atoms with Gasteiger partial charge in [-0.3, -0.25) is 4.99 Å². The first-order valence-corrected chi connectivity index (χ1v) is 8.64. The SMILES string of the molecule is CN=C(NCc1ccc(SC)cc1)NC1CCCCC1. The van der Waals surface area contributed by atoms with E-state index >= 15 is 0 Å². The lowest BCUT2D eigenvalue weighted by atomic mass is 9.96. The summed E-state index contributed by atoms with van der Waals surface area (Å²) in [5.41, 5.74) is 1.29. The second-order valence-corrected chi connectivity index (χ2v) is 6.13. The quantitative estimate of drug-likeness (QED) is 0.507. The molecule has 3 nitrogen and oxygen atoms in total. The van der Waals surface area contributed by atoms with Gasteiger partial charge in [0.15, 0.2) is 5.96 Å². The smallest absolute Gasteiger partial charge is 0.191 e. The van der Waals surface area contributed by atoms with Crippen LogP contribution in [0.5, 0.6) is 0 Å². The van der Waals surface area contributed by atoms with E-state index in [4.69, 9.17) is 0 Å². The minimum absolute atomic E-state index is 0.591. The Bertz CT molecular complexity index is 422. The fourth-order valence-electron chi connectivity index (χ4n) is 2.56. The molecule has 20 heavy (non-hydrogen) atoms. The van der Waals surface area contributed by atoms with Crippen LogP contribution < -0.4 is 10.6 Å². The molecule has 1 aromatic rings. The average molecular weight is 291 g/mol. The summed E-state index contributed by atoms with van der Waals surface area (Å²) in [5.74, 6) is 0.922. The molecule has 0 heterocycles. The molecule has 1 aromatic carbocycles. The van der Waals surface area contributed by atoms with Crippen LogP contribution in [0.4, 0.5) is 0 Å². The summed E-state index contributed by atoms with van der Waals surface area (Å²) in [4.78, 5) is 5.63.